The predicted octanol–water partition coefficient (Wildman–Crippen LogP) is 2.39. The number of hydrogen-bond acceptors (Lipinski definition) is 5. The average molecular weight is 393 g/mol. The van der Waals surface area contributed by atoms with Crippen molar-refractivity contribution in [2.24, 2.45) is 7.05 Å². The van der Waals surface area contributed by atoms with Gasteiger partial charge in [-0.25, -0.2) is 4.98 Å². The molecule has 29 heavy (non-hydrogen) atoms. The first-order valence-electron chi connectivity index (χ1n) is 10.0. The molecule has 1 unspecified atom stereocenters. The molecule has 3 heterocycles. The van der Waals surface area contributed by atoms with Crippen LogP contribution in [0.25, 0.3) is 11.0 Å². The molecule has 7 nitrogen and oxygen atoms in total. The minimum Gasteiger partial charge on any atom is -0.379 e. The second-order valence-electron chi connectivity index (χ2n) is 7.50. The molecule has 1 atom stereocenters. The first-order valence-corrected chi connectivity index (χ1v) is 10.0. The first kappa shape index (κ1) is 19.5. The van der Waals surface area contributed by atoms with Gasteiger partial charge in [-0.1, -0.05) is 30.3 Å². The van der Waals surface area contributed by atoms with Gasteiger partial charge in [-0.2, -0.15) is 5.10 Å². The van der Waals surface area contributed by atoms with Crippen LogP contribution in [0, 0.1) is 13.8 Å². The van der Waals surface area contributed by atoms with Gasteiger partial charge in [0, 0.05) is 32.4 Å². The SMILES string of the molecule is Cc1cc(C(=O)NCC(c2ccccc2)N2CCOCC2)c2c(C)nn(C)c2n1. The maximum absolute atomic E-state index is 13.2. The van der Waals surface area contributed by atoms with E-state index in [1.54, 1.807) is 4.68 Å². The van der Waals surface area contributed by atoms with Crippen molar-refractivity contribution in [3.05, 3.63) is 58.9 Å². The van der Waals surface area contributed by atoms with E-state index in [0.29, 0.717) is 12.1 Å². The number of amides is 1. The summed E-state index contributed by atoms with van der Waals surface area (Å²) in [5.74, 6) is -0.0919. The van der Waals surface area contributed by atoms with Crippen molar-refractivity contribution in [3.8, 4) is 0 Å². The van der Waals surface area contributed by atoms with Crippen molar-refractivity contribution in [2.45, 2.75) is 19.9 Å². The summed E-state index contributed by atoms with van der Waals surface area (Å²) in [6, 6.07) is 12.3. The zero-order valence-electron chi connectivity index (χ0n) is 17.2. The van der Waals surface area contributed by atoms with Crippen molar-refractivity contribution >= 4 is 16.9 Å². The van der Waals surface area contributed by atoms with E-state index in [-0.39, 0.29) is 11.9 Å². The first-order chi connectivity index (χ1) is 14.0. The van der Waals surface area contributed by atoms with Crippen molar-refractivity contribution < 1.29 is 9.53 Å². The Bertz CT molecular complexity index is 1010. The van der Waals surface area contributed by atoms with Crippen molar-refractivity contribution in [3.63, 3.8) is 0 Å². The molecule has 1 aliphatic rings. The second kappa shape index (κ2) is 8.31. The number of benzene rings is 1. The summed E-state index contributed by atoms with van der Waals surface area (Å²) in [5, 5.41) is 8.42. The lowest BCUT2D eigenvalue weighted by Gasteiger charge is -2.35. The molecule has 152 valence electrons. The highest BCUT2D eigenvalue weighted by atomic mass is 16.5. The van der Waals surface area contributed by atoms with Crippen LogP contribution in [-0.4, -0.2) is 58.4 Å². The van der Waals surface area contributed by atoms with Crippen molar-refractivity contribution in [1.82, 2.24) is 25.0 Å². The summed E-state index contributed by atoms with van der Waals surface area (Å²) < 4.78 is 7.24. The molecule has 1 N–H and O–H groups in total. The molecule has 0 spiro atoms. The minimum absolute atomic E-state index is 0.0919. The third kappa shape index (κ3) is 4.02. The maximum atomic E-state index is 13.2. The number of aryl methyl sites for hydroxylation is 3. The van der Waals surface area contributed by atoms with Crippen LogP contribution in [0.1, 0.15) is 33.4 Å². The summed E-state index contributed by atoms with van der Waals surface area (Å²) in [4.78, 5) is 20.1. The lowest BCUT2D eigenvalue weighted by Crippen LogP contribution is -2.43. The topological polar surface area (TPSA) is 72.3 Å². The fraction of sp³-hybridized carbons (Fsp3) is 0.409. The van der Waals surface area contributed by atoms with Crippen LogP contribution in [0.5, 0.6) is 0 Å². The van der Waals surface area contributed by atoms with Crippen molar-refractivity contribution in [1.29, 1.82) is 0 Å². The zero-order chi connectivity index (χ0) is 20.4. The Morgan fingerprint density at radius 1 is 1.21 bits per heavy atom. The van der Waals surface area contributed by atoms with Gasteiger partial charge in [0.2, 0.25) is 0 Å². The average Bonchev–Trinajstić information content (AvgIpc) is 3.02. The van der Waals surface area contributed by atoms with Gasteiger partial charge in [0.05, 0.1) is 35.9 Å². The third-order valence-electron chi connectivity index (χ3n) is 5.47. The van der Waals surface area contributed by atoms with Crippen LogP contribution in [0.3, 0.4) is 0 Å². The Morgan fingerprint density at radius 2 is 1.93 bits per heavy atom. The van der Waals surface area contributed by atoms with Gasteiger partial charge in [-0.3, -0.25) is 14.4 Å². The smallest absolute Gasteiger partial charge is 0.252 e. The molecule has 0 radical (unpaired) electrons. The Morgan fingerprint density at radius 3 is 2.66 bits per heavy atom. The summed E-state index contributed by atoms with van der Waals surface area (Å²) in [7, 11) is 1.85. The largest absolute Gasteiger partial charge is 0.379 e. The molecule has 1 aliphatic heterocycles. The lowest BCUT2D eigenvalue weighted by atomic mass is 10.0. The van der Waals surface area contributed by atoms with E-state index in [0.717, 1.165) is 48.7 Å². The fourth-order valence-electron chi connectivity index (χ4n) is 4.06. The standard InChI is InChI=1S/C22H27N5O2/c1-15-13-18(20-16(2)25-26(3)21(20)24-15)22(28)23-14-19(17-7-5-4-6-8-17)27-9-11-29-12-10-27/h4-8,13,19H,9-12,14H2,1-3H3,(H,23,28). The number of nitrogens with one attached hydrogen (secondary N) is 1. The van der Waals surface area contributed by atoms with Gasteiger partial charge in [0.15, 0.2) is 5.65 Å². The molecule has 7 heteroatoms. The van der Waals surface area contributed by atoms with Crippen molar-refractivity contribution in [2.75, 3.05) is 32.8 Å². The maximum Gasteiger partial charge on any atom is 0.252 e. The van der Waals surface area contributed by atoms with Crippen LogP contribution >= 0.6 is 0 Å². The second-order valence-corrected chi connectivity index (χ2v) is 7.50. The van der Waals surface area contributed by atoms with Gasteiger partial charge in [-0.15, -0.1) is 0 Å². The molecule has 1 aromatic carbocycles. The Hall–Kier alpha value is -2.77. The summed E-state index contributed by atoms with van der Waals surface area (Å²) in [6.07, 6.45) is 0. The molecule has 2 aromatic heterocycles. The fourth-order valence-corrected chi connectivity index (χ4v) is 4.06. The van der Waals surface area contributed by atoms with Gasteiger partial charge < -0.3 is 10.1 Å². The molecular formula is C22H27N5O2. The minimum atomic E-state index is -0.0919. The summed E-state index contributed by atoms with van der Waals surface area (Å²) in [6.45, 7) is 7.50. The van der Waals surface area contributed by atoms with Gasteiger partial charge in [-0.05, 0) is 25.5 Å². The molecule has 1 amide bonds. The number of ether oxygens (including phenoxy) is 1. The molecule has 3 aromatic rings. The quantitative estimate of drug-likeness (QED) is 0.721. The highest BCUT2D eigenvalue weighted by molar-refractivity contribution is 6.06. The molecule has 4 rings (SSSR count). The lowest BCUT2D eigenvalue weighted by molar-refractivity contribution is 0.0162. The Kier molecular flexibility index (Phi) is 5.60. The highest BCUT2D eigenvalue weighted by Gasteiger charge is 2.24. The number of fused-ring (bicyclic) bond motifs is 1. The van der Waals surface area contributed by atoms with E-state index in [2.05, 4.69) is 32.4 Å². The number of nitrogens with zero attached hydrogens (tertiary/aromatic N) is 4. The summed E-state index contributed by atoms with van der Waals surface area (Å²) in [5.41, 5.74) is 4.18. The van der Waals surface area contributed by atoms with E-state index in [4.69, 9.17) is 4.74 Å². The number of aromatic nitrogens is 3. The predicted molar refractivity (Wildman–Crippen MR) is 112 cm³/mol. The molecule has 0 bridgehead atoms. The number of hydrogen-bond donors (Lipinski definition) is 1. The monoisotopic (exact) mass is 393 g/mol. The van der Waals surface area contributed by atoms with Gasteiger partial charge >= 0.3 is 0 Å². The molecule has 0 saturated carbocycles. The normalized spacial score (nSPS) is 16.1. The Balaban J connectivity index is 1.59. The van der Waals surface area contributed by atoms with E-state index in [1.165, 1.54) is 5.56 Å². The van der Waals surface area contributed by atoms with E-state index >= 15 is 0 Å². The molecule has 0 aliphatic carbocycles. The number of carbonyl (C=O) groups excluding carboxylic acids is 1. The Labute approximate surface area is 170 Å². The molecule has 1 saturated heterocycles. The molecule has 1 fully saturated rings. The van der Waals surface area contributed by atoms with Crippen LogP contribution in [-0.2, 0) is 11.8 Å². The van der Waals surface area contributed by atoms with Crippen LogP contribution in [0.15, 0.2) is 36.4 Å². The van der Waals surface area contributed by atoms with E-state index in [9.17, 15) is 4.79 Å². The van der Waals surface area contributed by atoms with Crippen LogP contribution < -0.4 is 5.32 Å². The number of pyridine rings is 1. The van der Waals surface area contributed by atoms with Gasteiger partial charge in [0.25, 0.3) is 5.91 Å². The zero-order valence-corrected chi connectivity index (χ0v) is 17.2. The number of morpholine rings is 1. The molecular weight excluding hydrogens is 366 g/mol. The van der Waals surface area contributed by atoms with E-state index in [1.807, 2.05) is 45.2 Å². The third-order valence-corrected chi connectivity index (χ3v) is 5.47. The van der Waals surface area contributed by atoms with Gasteiger partial charge in [0.1, 0.15) is 0 Å². The van der Waals surface area contributed by atoms with E-state index < -0.39 is 0 Å². The number of rotatable bonds is 5. The summed E-state index contributed by atoms with van der Waals surface area (Å²) >= 11 is 0. The number of carbonyl (C=O) groups is 1. The van der Waals surface area contributed by atoms with Crippen LogP contribution in [0.4, 0.5) is 0 Å². The highest BCUT2D eigenvalue weighted by Crippen LogP contribution is 2.23. The van der Waals surface area contributed by atoms with Crippen LogP contribution in [0.2, 0.25) is 0 Å².